The number of aryl methyl sites for hydroxylation is 1. The minimum Gasteiger partial charge on any atom is -0.302 e. The van der Waals surface area contributed by atoms with Crippen LogP contribution in [0.3, 0.4) is 0 Å². The molecule has 1 heterocycles. The first-order chi connectivity index (χ1) is 12.7. The third-order valence-corrected chi connectivity index (χ3v) is 6.36. The van der Waals surface area contributed by atoms with Crippen molar-refractivity contribution in [3.05, 3.63) is 53.1 Å². The fraction of sp³-hybridized carbons (Fsp3) is 0.500. The van der Waals surface area contributed by atoms with Crippen molar-refractivity contribution in [3.63, 3.8) is 0 Å². The van der Waals surface area contributed by atoms with Crippen molar-refractivity contribution in [2.45, 2.75) is 62.4 Å². The van der Waals surface area contributed by atoms with Crippen molar-refractivity contribution >= 4 is 23.4 Å². The second kappa shape index (κ2) is 9.56. The van der Waals surface area contributed by atoms with E-state index in [4.69, 9.17) is 11.6 Å². The summed E-state index contributed by atoms with van der Waals surface area (Å²) in [6.45, 7) is 4.51. The van der Waals surface area contributed by atoms with Crippen LogP contribution in [0.2, 0.25) is 5.02 Å². The predicted octanol–water partition coefficient (Wildman–Crippen LogP) is 6.06. The van der Waals surface area contributed by atoms with E-state index in [0.717, 1.165) is 23.3 Å². The summed E-state index contributed by atoms with van der Waals surface area (Å²) in [6.07, 6.45) is 10.7. The first kappa shape index (κ1) is 19.4. The summed E-state index contributed by atoms with van der Waals surface area (Å²) in [7, 11) is 0. The molecule has 3 rings (SSSR count). The summed E-state index contributed by atoms with van der Waals surface area (Å²) in [5, 5.41) is 9.97. The number of aromatic nitrogens is 3. The van der Waals surface area contributed by atoms with E-state index in [1.165, 1.54) is 56.4 Å². The maximum Gasteiger partial charge on any atom is 0.191 e. The molecule has 1 aromatic carbocycles. The normalized spacial score (nSPS) is 15.3. The van der Waals surface area contributed by atoms with Gasteiger partial charge in [0.05, 0.1) is 0 Å². The van der Waals surface area contributed by atoms with Crippen LogP contribution in [0.5, 0.6) is 0 Å². The molecular formula is C20H25ClFN3S. The summed E-state index contributed by atoms with van der Waals surface area (Å²) >= 11 is 7.59. The summed E-state index contributed by atoms with van der Waals surface area (Å²) in [6, 6.07) is 4.77. The molecular weight excluding hydrogens is 369 g/mol. The lowest BCUT2D eigenvalue weighted by molar-refractivity contribution is 0.336. The Morgan fingerprint density at radius 1 is 1.27 bits per heavy atom. The van der Waals surface area contributed by atoms with Crippen molar-refractivity contribution in [2.75, 3.05) is 0 Å². The third-order valence-electron chi connectivity index (χ3n) is 5.01. The molecule has 1 aromatic heterocycles. The highest BCUT2D eigenvalue weighted by molar-refractivity contribution is 7.98. The number of benzene rings is 1. The average Bonchev–Trinajstić information content (AvgIpc) is 3.03. The van der Waals surface area contributed by atoms with Gasteiger partial charge >= 0.3 is 0 Å². The molecule has 0 amide bonds. The zero-order chi connectivity index (χ0) is 18.4. The first-order valence-corrected chi connectivity index (χ1v) is 10.6. The van der Waals surface area contributed by atoms with Crippen LogP contribution in [0.1, 0.15) is 49.9 Å². The van der Waals surface area contributed by atoms with E-state index in [1.807, 2.05) is 6.08 Å². The minimum atomic E-state index is -0.280. The predicted molar refractivity (Wildman–Crippen MR) is 106 cm³/mol. The van der Waals surface area contributed by atoms with Crippen molar-refractivity contribution in [3.8, 4) is 0 Å². The zero-order valence-electron chi connectivity index (χ0n) is 15.0. The Morgan fingerprint density at radius 2 is 2.08 bits per heavy atom. The second-order valence-electron chi connectivity index (χ2n) is 6.83. The van der Waals surface area contributed by atoms with E-state index < -0.39 is 0 Å². The summed E-state index contributed by atoms with van der Waals surface area (Å²) in [5.74, 6) is 1.96. The SMILES string of the molecule is C=CCn1c(CCC2CCCCC2)nnc1SCc1c(F)cccc1Cl. The van der Waals surface area contributed by atoms with Gasteiger partial charge in [-0.1, -0.05) is 67.6 Å². The molecule has 2 aromatic rings. The highest BCUT2D eigenvalue weighted by Gasteiger charge is 2.17. The highest BCUT2D eigenvalue weighted by atomic mass is 35.5. The van der Waals surface area contributed by atoms with Gasteiger partial charge in [0.25, 0.3) is 0 Å². The molecule has 1 saturated carbocycles. The van der Waals surface area contributed by atoms with Gasteiger partial charge in [0.1, 0.15) is 11.6 Å². The molecule has 6 heteroatoms. The molecule has 0 atom stereocenters. The van der Waals surface area contributed by atoms with Gasteiger partial charge < -0.3 is 4.57 Å². The van der Waals surface area contributed by atoms with Crippen LogP contribution in [-0.2, 0) is 18.7 Å². The number of hydrogen-bond donors (Lipinski definition) is 0. The fourth-order valence-electron chi connectivity index (χ4n) is 3.54. The topological polar surface area (TPSA) is 30.7 Å². The number of allylic oxidation sites excluding steroid dienone is 1. The monoisotopic (exact) mass is 393 g/mol. The van der Waals surface area contributed by atoms with E-state index in [0.29, 0.717) is 22.9 Å². The lowest BCUT2D eigenvalue weighted by atomic mass is 9.86. The molecule has 0 saturated heterocycles. The minimum absolute atomic E-state index is 0.280. The number of thioether (sulfide) groups is 1. The van der Waals surface area contributed by atoms with Gasteiger partial charge in [0.15, 0.2) is 5.16 Å². The quantitative estimate of drug-likeness (QED) is 0.403. The lowest BCUT2D eigenvalue weighted by Gasteiger charge is -2.21. The fourth-order valence-corrected chi connectivity index (χ4v) is 4.85. The number of rotatable bonds is 8. The smallest absolute Gasteiger partial charge is 0.191 e. The molecule has 0 bridgehead atoms. The Labute approximate surface area is 164 Å². The Kier molecular flexibility index (Phi) is 7.15. The molecule has 1 aliphatic carbocycles. The van der Waals surface area contributed by atoms with E-state index >= 15 is 0 Å². The molecule has 1 aliphatic rings. The summed E-state index contributed by atoms with van der Waals surface area (Å²) < 4.78 is 16.1. The van der Waals surface area contributed by atoms with E-state index in [2.05, 4.69) is 21.3 Å². The molecule has 0 spiro atoms. The largest absolute Gasteiger partial charge is 0.302 e. The van der Waals surface area contributed by atoms with E-state index in [-0.39, 0.29) is 5.82 Å². The van der Waals surface area contributed by atoms with Gasteiger partial charge in [-0.05, 0) is 24.5 Å². The standard InChI is InChI=1S/C20H25ClFN3S/c1-2-13-25-19(12-11-15-7-4-3-5-8-15)23-24-20(25)26-14-16-17(21)9-6-10-18(16)22/h2,6,9-10,15H,1,3-5,7-8,11-14H2. The molecule has 140 valence electrons. The Balaban J connectivity index is 1.67. The van der Waals surface area contributed by atoms with Crippen molar-refractivity contribution < 1.29 is 4.39 Å². The third kappa shape index (κ3) is 4.89. The maximum atomic E-state index is 14.0. The van der Waals surface area contributed by atoms with Gasteiger partial charge in [0.2, 0.25) is 0 Å². The number of halogens is 2. The van der Waals surface area contributed by atoms with Crippen LogP contribution in [0.25, 0.3) is 0 Å². The van der Waals surface area contributed by atoms with Gasteiger partial charge in [-0.15, -0.1) is 16.8 Å². The summed E-state index contributed by atoms with van der Waals surface area (Å²) in [5.41, 5.74) is 0.510. The van der Waals surface area contributed by atoms with Crippen LogP contribution >= 0.6 is 23.4 Å². The van der Waals surface area contributed by atoms with Crippen molar-refractivity contribution in [1.29, 1.82) is 0 Å². The molecule has 0 N–H and O–H groups in total. The molecule has 3 nitrogen and oxygen atoms in total. The van der Waals surface area contributed by atoms with Gasteiger partial charge in [-0.3, -0.25) is 0 Å². The number of hydrogen-bond acceptors (Lipinski definition) is 3. The van der Waals surface area contributed by atoms with Gasteiger partial charge in [-0.2, -0.15) is 0 Å². The second-order valence-corrected chi connectivity index (χ2v) is 8.18. The van der Waals surface area contributed by atoms with Crippen LogP contribution in [-0.4, -0.2) is 14.8 Å². The first-order valence-electron chi connectivity index (χ1n) is 9.27. The molecule has 1 fully saturated rings. The van der Waals surface area contributed by atoms with E-state index in [9.17, 15) is 4.39 Å². The zero-order valence-corrected chi connectivity index (χ0v) is 16.5. The highest BCUT2D eigenvalue weighted by Crippen LogP contribution is 2.30. The Hall–Kier alpha value is -1.33. The van der Waals surface area contributed by atoms with Crippen LogP contribution < -0.4 is 0 Å². The molecule has 26 heavy (non-hydrogen) atoms. The van der Waals surface area contributed by atoms with Crippen LogP contribution in [0.15, 0.2) is 36.0 Å². The maximum absolute atomic E-state index is 14.0. The molecule has 0 aliphatic heterocycles. The molecule has 0 radical (unpaired) electrons. The van der Waals surface area contributed by atoms with E-state index in [1.54, 1.807) is 12.1 Å². The molecule has 0 unspecified atom stereocenters. The van der Waals surface area contributed by atoms with Gasteiger partial charge in [-0.25, -0.2) is 4.39 Å². The van der Waals surface area contributed by atoms with Crippen molar-refractivity contribution in [1.82, 2.24) is 14.8 Å². The number of nitrogens with zero attached hydrogens (tertiary/aromatic N) is 3. The Morgan fingerprint density at radius 3 is 2.81 bits per heavy atom. The van der Waals surface area contributed by atoms with Crippen LogP contribution in [0, 0.1) is 11.7 Å². The van der Waals surface area contributed by atoms with Crippen LogP contribution in [0.4, 0.5) is 4.39 Å². The Bertz CT molecular complexity index is 720. The van der Waals surface area contributed by atoms with Gasteiger partial charge in [0, 0.05) is 29.3 Å². The van der Waals surface area contributed by atoms with Crippen molar-refractivity contribution in [2.24, 2.45) is 5.92 Å². The average molecular weight is 394 g/mol. The summed E-state index contributed by atoms with van der Waals surface area (Å²) in [4.78, 5) is 0. The lowest BCUT2D eigenvalue weighted by Crippen LogP contribution is -2.10.